The Bertz CT molecular complexity index is 785. The molecule has 19 heavy (non-hydrogen) atoms. The molecule has 0 amide bonds. The zero-order chi connectivity index (χ0) is 13.4. The smallest absolute Gasteiger partial charge is 0.178 e. The van der Waals surface area contributed by atoms with Gasteiger partial charge in [0.15, 0.2) is 4.77 Å². The maximum Gasteiger partial charge on any atom is 0.178 e. The first kappa shape index (κ1) is 12.5. The third-order valence-corrected chi connectivity index (χ3v) is 4.45. The van der Waals surface area contributed by atoms with E-state index in [2.05, 4.69) is 16.9 Å². The monoisotopic (exact) mass is 293 g/mol. The van der Waals surface area contributed by atoms with Gasteiger partial charge in [-0.05, 0) is 30.8 Å². The highest BCUT2D eigenvalue weighted by atomic mass is 32.1. The van der Waals surface area contributed by atoms with Gasteiger partial charge in [0, 0.05) is 11.1 Å². The van der Waals surface area contributed by atoms with Crippen LogP contribution in [0.3, 0.4) is 0 Å². The second-order valence-electron chi connectivity index (χ2n) is 4.22. The van der Waals surface area contributed by atoms with Crippen molar-refractivity contribution in [3.05, 3.63) is 44.9 Å². The quantitative estimate of drug-likeness (QED) is 0.743. The van der Waals surface area contributed by atoms with E-state index < -0.39 is 0 Å². The fourth-order valence-electron chi connectivity index (χ4n) is 2.02. The molecule has 0 saturated heterocycles. The van der Waals surface area contributed by atoms with Crippen molar-refractivity contribution in [2.45, 2.75) is 19.9 Å². The minimum absolute atomic E-state index is 0.282. The number of hydrogen-bond acceptors (Lipinski definition) is 3. The predicted molar refractivity (Wildman–Crippen MR) is 77.7 cm³/mol. The molecule has 2 heterocycles. The Hall–Kier alpha value is -1.53. The maximum absolute atomic E-state index is 13.7. The maximum atomic E-state index is 13.7. The molecule has 3 aromatic rings. The normalized spacial score (nSPS) is 11.3. The minimum Gasteiger partial charge on any atom is -0.328 e. The molecule has 1 aromatic carbocycles. The summed E-state index contributed by atoms with van der Waals surface area (Å²) >= 11 is 6.93. The molecular formula is C13H12FN3S2. The van der Waals surface area contributed by atoms with Gasteiger partial charge in [-0.2, -0.15) is 0 Å². The Morgan fingerprint density at radius 1 is 1.47 bits per heavy atom. The molecule has 0 atom stereocenters. The molecule has 0 radical (unpaired) electrons. The van der Waals surface area contributed by atoms with E-state index in [-0.39, 0.29) is 5.82 Å². The van der Waals surface area contributed by atoms with Crippen LogP contribution in [0.1, 0.15) is 16.8 Å². The number of aryl methyl sites for hydroxylation is 1. The Labute approximate surface area is 118 Å². The van der Waals surface area contributed by atoms with Gasteiger partial charge in [-0.15, -0.1) is 11.3 Å². The van der Waals surface area contributed by atoms with E-state index in [9.17, 15) is 4.39 Å². The van der Waals surface area contributed by atoms with Gasteiger partial charge in [-0.1, -0.05) is 13.0 Å². The standard InChI is InChI=1S/C13H12FN3S2/c1-2-8-6-15-11(19-8)7-17-10-5-3-4-9(14)12(10)16-13(17)18/h3-6H,2,7H2,1H3,(H,16,18). The Balaban J connectivity index is 2.07. The largest absolute Gasteiger partial charge is 0.328 e. The number of aromatic nitrogens is 3. The van der Waals surface area contributed by atoms with Crippen LogP contribution in [0.5, 0.6) is 0 Å². The van der Waals surface area contributed by atoms with Crippen molar-refractivity contribution in [2.75, 3.05) is 0 Å². The van der Waals surface area contributed by atoms with Crippen molar-refractivity contribution in [2.24, 2.45) is 0 Å². The van der Waals surface area contributed by atoms with Crippen LogP contribution >= 0.6 is 23.6 Å². The van der Waals surface area contributed by atoms with Gasteiger partial charge in [-0.3, -0.25) is 0 Å². The number of halogens is 1. The van der Waals surface area contributed by atoms with E-state index in [0.29, 0.717) is 16.8 Å². The van der Waals surface area contributed by atoms with Crippen LogP contribution in [0.25, 0.3) is 11.0 Å². The summed E-state index contributed by atoms with van der Waals surface area (Å²) in [5.41, 5.74) is 1.23. The zero-order valence-corrected chi connectivity index (χ0v) is 11.9. The van der Waals surface area contributed by atoms with Crippen LogP contribution < -0.4 is 0 Å². The number of benzene rings is 1. The van der Waals surface area contributed by atoms with Crippen LogP contribution in [0.2, 0.25) is 0 Å². The molecule has 0 bridgehead atoms. The number of rotatable bonds is 3. The van der Waals surface area contributed by atoms with E-state index >= 15 is 0 Å². The molecule has 98 valence electrons. The third-order valence-electron chi connectivity index (χ3n) is 3.00. The average molecular weight is 293 g/mol. The van der Waals surface area contributed by atoms with Gasteiger partial charge < -0.3 is 9.55 Å². The third kappa shape index (κ3) is 2.21. The van der Waals surface area contributed by atoms with Crippen molar-refractivity contribution < 1.29 is 4.39 Å². The van der Waals surface area contributed by atoms with Crippen LogP contribution in [0.4, 0.5) is 4.39 Å². The summed E-state index contributed by atoms with van der Waals surface area (Å²) in [6, 6.07) is 4.98. The summed E-state index contributed by atoms with van der Waals surface area (Å²) < 4.78 is 16.1. The molecule has 0 aliphatic heterocycles. The number of nitrogens with zero attached hydrogens (tertiary/aromatic N) is 2. The molecule has 0 spiro atoms. The summed E-state index contributed by atoms with van der Waals surface area (Å²) in [6.45, 7) is 2.68. The first-order chi connectivity index (χ1) is 9.19. The van der Waals surface area contributed by atoms with E-state index in [1.165, 1.54) is 10.9 Å². The molecule has 3 nitrogen and oxygen atoms in total. The van der Waals surface area contributed by atoms with Gasteiger partial charge in [0.05, 0.1) is 12.1 Å². The number of fused-ring (bicyclic) bond motifs is 1. The summed E-state index contributed by atoms with van der Waals surface area (Å²) in [7, 11) is 0. The lowest BCUT2D eigenvalue weighted by Gasteiger charge is -2.01. The van der Waals surface area contributed by atoms with E-state index in [1.807, 2.05) is 16.8 Å². The average Bonchev–Trinajstić information content (AvgIpc) is 2.97. The molecule has 0 aliphatic rings. The summed E-state index contributed by atoms with van der Waals surface area (Å²) in [6.07, 6.45) is 2.87. The number of para-hydroxylation sites is 1. The van der Waals surface area contributed by atoms with Gasteiger partial charge in [0.1, 0.15) is 16.3 Å². The molecule has 1 N–H and O–H groups in total. The van der Waals surface area contributed by atoms with Crippen molar-refractivity contribution in [3.63, 3.8) is 0 Å². The molecule has 2 aromatic heterocycles. The summed E-state index contributed by atoms with van der Waals surface area (Å²) in [5.74, 6) is -0.282. The Morgan fingerprint density at radius 3 is 3.05 bits per heavy atom. The van der Waals surface area contributed by atoms with Crippen LogP contribution in [-0.2, 0) is 13.0 Å². The Kier molecular flexibility index (Phi) is 3.20. The number of nitrogens with one attached hydrogen (secondary N) is 1. The van der Waals surface area contributed by atoms with Crippen LogP contribution in [0.15, 0.2) is 24.4 Å². The highest BCUT2D eigenvalue weighted by Gasteiger charge is 2.10. The molecule has 6 heteroatoms. The lowest BCUT2D eigenvalue weighted by Crippen LogP contribution is -1.98. The molecule has 0 aliphatic carbocycles. The van der Waals surface area contributed by atoms with Gasteiger partial charge in [0.25, 0.3) is 0 Å². The number of imidazole rings is 1. The first-order valence-corrected chi connectivity index (χ1v) is 7.22. The minimum atomic E-state index is -0.282. The number of aromatic amines is 1. The molecule has 0 unspecified atom stereocenters. The van der Waals surface area contributed by atoms with Crippen LogP contribution in [0, 0.1) is 10.6 Å². The topological polar surface area (TPSA) is 33.6 Å². The lowest BCUT2D eigenvalue weighted by atomic mass is 10.3. The van der Waals surface area contributed by atoms with Crippen molar-refractivity contribution >= 4 is 34.6 Å². The first-order valence-electron chi connectivity index (χ1n) is 5.99. The molecule has 0 fully saturated rings. The van der Waals surface area contributed by atoms with Gasteiger partial charge in [-0.25, -0.2) is 9.37 Å². The van der Waals surface area contributed by atoms with Gasteiger partial charge >= 0.3 is 0 Å². The van der Waals surface area contributed by atoms with Crippen LogP contribution in [-0.4, -0.2) is 14.5 Å². The highest BCUT2D eigenvalue weighted by Crippen LogP contribution is 2.20. The second-order valence-corrected chi connectivity index (χ2v) is 5.81. The fraction of sp³-hybridized carbons (Fsp3) is 0.231. The zero-order valence-electron chi connectivity index (χ0n) is 10.3. The number of H-pyrrole nitrogens is 1. The molecular weight excluding hydrogens is 281 g/mol. The lowest BCUT2D eigenvalue weighted by molar-refractivity contribution is 0.637. The van der Waals surface area contributed by atoms with E-state index in [0.717, 1.165) is 16.9 Å². The second kappa shape index (κ2) is 4.86. The van der Waals surface area contributed by atoms with Crippen molar-refractivity contribution in [1.82, 2.24) is 14.5 Å². The predicted octanol–water partition coefficient (Wildman–Crippen LogP) is 3.91. The summed E-state index contributed by atoms with van der Waals surface area (Å²) in [5, 5.41) is 0.984. The molecule has 0 saturated carbocycles. The van der Waals surface area contributed by atoms with Gasteiger partial charge in [0.2, 0.25) is 0 Å². The molecule has 3 rings (SSSR count). The van der Waals surface area contributed by atoms with E-state index in [1.54, 1.807) is 17.4 Å². The number of hydrogen-bond donors (Lipinski definition) is 1. The number of thiazole rings is 1. The highest BCUT2D eigenvalue weighted by molar-refractivity contribution is 7.71. The van der Waals surface area contributed by atoms with Crippen molar-refractivity contribution in [3.8, 4) is 0 Å². The fourth-order valence-corrected chi connectivity index (χ4v) is 3.14. The van der Waals surface area contributed by atoms with Crippen molar-refractivity contribution in [1.29, 1.82) is 0 Å². The SMILES string of the molecule is CCc1cnc(Cn2c(=S)[nH]c3c(F)cccc32)s1. The van der Waals surface area contributed by atoms with E-state index in [4.69, 9.17) is 12.2 Å². The Morgan fingerprint density at radius 2 is 2.32 bits per heavy atom. The summed E-state index contributed by atoms with van der Waals surface area (Å²) in [4.78, 5) is 8.54.